The van der Waals surface area contributed by atoms with Gasteiger partial charge in [0.1, 0.15) is 5.75 Å². The summed E-state index contributed by atoms with van der Waals surface area (Å²) in [6.45, 7) is 0.382. The number of nitrogens with zero attached hydrogens (tertiary/aromatic N) is 1. The number of benzene rings is 1. The van der Waals surface area contributed by atoms with Crippen molar-refractivity contribution in [3.05, 3.63) is 28.8 Å². The average molecular weight is 284 g/mol. The Morgan fingerprint density at radius 1 is 1.42 bits per heavy atom. The molecular weight excluding hydrogens is 270 g/mol. The smallest absolute Gasteiger partial charge is 0.407 e. The van der Waals surface area contributed by atoms with Crippen LogP contribution in [-0.4, -0.2) is 39.6 Å². The van der Waals surface area contributed by atoms with Gasteiger partial charge < -0.3 is 10.2 Å². The maximum Gasteiger partial charge on any atom is 0.407 e. The fourth-order valence-electron chi connectivity index (χ4n) is 2.33. The minimum absolute atomic E-state index is 0.00220. The second-order valence-corrected chi connectivity index (χ2v) is 4.99. The summed E-state index contributed by atoms with van der Waals surface area (Å²) in [6, 6.07) is 3.86. The van der Waals surface area contributed by atoms with Crippen molar-refractivity contribution >= 4 is 23.5 Å². The molecule has 6 heteroatoms. The Labute approximate surface area is 115 Å². The van der Waals surface area contributed by atoms with E-state index in [0.717, 1.165) is 4.90 Å². The molecular formula is C13H14ClNO4. The molecule has 0 saturated carbocycles. The number of hydrogen-bond donors (Lipinski definition) is 2. The summed E-state index contributed by atoms with van der Waals surface area (Å²) >= 11 is 5.81. The second-order valence-electron chi connectivity index (χ2n) is 4.55. The third kappa shape index (κ3) is 2.98. The van der Waals surface area contributed by atoms with Gasteiger partial charge in [0.2, 0.25) is 0 Å². The van der Waals surface area contributed by atoms with E-state index in [1.165, 1.54) is 18.2 Å². The molecule has 0 spiro atoms. The third-order valence-electron chi connectivity index (χ3n) is 3.28. The molecule has 2 rings (SSSR count). The van der Waals surface area contributed by atoms with E-state index in [1.807, 2.05) is 0 Å². The number of phenols is 1. The Morgan fingerprint density at radius 3 is 2.84 bits per heavy atom. The van der Waals surface area contributed by atoms with Gasteiger partial charge in [-0.2, -0.15) is 0 Å². The Morgan fingerprint density at radius 2 is 2.16 bits per heavy atom. The van der Waals surface area contributed by atoms with Crippen LogP contribution in [0.5, 0.6) is 5.75 Å². The van der Waals surface area contributed by atoms with Crippen LogP contribution in [0.15, 0.2) is 18.2 Å². The number of phenolic OH excluding ortho intramolecular Hbond substituents is 1. The molecule has 0 bridgehead atoms. The quantitative estimate of drug-likeness (QED) is 0.892. The lowest BCUT2D eigenvalue weighted by molar-refractivity contribution is -0.122. The number of likely N-dealkylation sites (tertiary alicyclic amines) is 1. The first-order chi connectivity index (χ1) is 8.99. The van der Waals surface area contributed by atoms with Gasteiger partial charge in [-0.15, -0.1) is 0 Å². The van der Waals surface area contributed by atoms with Gasteiger partial charge in [0.25, 0.3) is 0 Å². The number of aromatic hydroxyl groups is 1. The predicted molar refractivity (Wildman–Crippen MR) is 69.6 cm³/mol. The van der Waals surface area contributed by atoms with Gasteiger partial charge in [-0.3, -0.25) is 9.69 Å². The number of carbonyl (C=O) groups excluding carboxylic acids is 1. The summed E-state index contributed by atoms with van der Waals surface area (Å²) in [5, 5.41) is 19.1. The van der Waals surface area contributed by atoms with Crippen molar-refractivity contribution in [3.8, 4) is 5.75 Å². The standard InChI is InChI=1S/C13H14ClNO4/c14-9-3-4-11(16)8(6-9)7-12(17)10-2-1-5-15(10)13(18)19/h3-4,6,10,16H,1-2,5,7H2,(H,18,19). The van der Waals surface area contributed by atoms with Crippen LogP contribution < -0.4 is 0 Å². The van der Waals surface area contributed by atoms with Crippen molar-refractivity contribution in [2.75, 3.05) is 6.54 Å². The Kier molecular flexibility index (Phi) is 3.95. The lowest BCUT2D eigenvalue weighted by Crippen LogP contribution is -2.40. The van der Waals surface area contributed by atoms with Crippen LogP contribution in [0.2, 0.25) is 5.02 Å². The normalized spacial score (nSPS) is 18.6. The summed E-state index contributed by atoms with van der Waals surface area (Å²) in [5.41, 5.74) is 0.426. The van der Waals surface area contributed by atoms with Gasteiger partial charge in [0, 0.05) is 23.6 Å². The summed E-state index contributed by atoms with van der Waals surface area (Å²) in [5.74, 6) is -0.213. The fraction of sp³-hybridized carbons (Fsp3) is 0.385. The van der Waals surface area contributed by atoms with E-state index in [2.05, 4.69) is 0 Å². The number of rotatable bonds is 3. The zero-order valence-corrected chi connectivity index (χ0v) is 10.9. The number of hydrogen-bond acceptors (Lipinski definition) is 3. The van der Waals surface area contributed by atoms with E-state index < -0.39 is 12.1 Å². The number of amides is 1. The molecule has 102 valence electrons. The van der Waals surface area contributed by atoms with Crippen molar-refractivity contribution in [1.82, 2.24) is 4.90 Å². The molecule has 1 unspecified atom stereocenters. The molecule has 1 aromatic rings. The topological polar surface area (TPSA) is 77.8 Å². The van der Waals surface area contributed by atoms with Crippen LogP contribution in [-0.2, 0) is 11.2 Å². The van der Waals surface area contributed by atoms with Gasteiger partial charge in [0.05, 0.1) is 6.04 Å². The largest absolute Gasteiger partial charge is 0.508 e. The molecule has 0 radical (unpaired) electrons. The first-order valence-electron chi connectivity index (χ1n) is 5.98. The molecule has 1 fully saturated rings. The van der Waals surface area contributed by atoms with Crippen LogP contribution in [0.4, 0.5) is 4.79 Å². The Hall–Kier alpha value is -1.75. The molecule has 0 aliphatic carbocycles. The molecule has 5 nitrogen and oxygen atoms in total. The Balaban J connectivity index is 2.12. The number of Topliss-reactive ketones (excluding diaryl/α,β-unsaturated/α-hetero) is 1. The molecule has 1 aliphatic heterocycles. The highest BCUT2D eigenvalue weighted by Gasteiger charge is 2.33. The van der Waals surface area contributed by atoms with E-state index in [1.54, 1.807) is 0 Å². The van der Waals surface area contributed by atoms with E-state index in [9.17, 15) is 14.7 Å². The monoisotopic (exact) mass is 283 g/mol. The van der Waals surface area contributed by atoms with Crippen LogP contribution in [0, 0.1) is 0 Å². The maximum atomic E-state index is 12.1. The van der Waals surface area contributed by atoms with Crippen LogP contribution in [0.3, 0.4) is 0 Å². The van der Waals surface area contributed by atoms with Crippen LogP contribution >= 0.6 is 11.6 Å². The van der Waals surface area contributed by atoms with Crippen molar-refractivity contribution in [1.29, 1.82) is 0 Å². The summed E-state index contributed by atoms with van der Waals surface area (Å²) < 4.78 is 0. The summed E-state index contributed by atoms with van der Waals surface area (Å²) in [7, 11) is 0. The molecule has 1 heterocycles. The molecule has 19 heavy (non-hydrogen) atoms. The predicted octanol–water partition coefficient (Wildman–Crippen LogP) is 2.30. The SMILES string of the molecule is O=C(Cc1cc(Cl)ccc1O)C1CCCN1C(=O)O. The summed E-state index contributed by atoms with van der Waals surface area (Å²) in [4.78, 5) is 24.3. The lowest BCUT2D eigenvalue weighted by atomic mass is 10.0. The lowest BCUT2D eigenvalue weighted by Gasteiger charge is -2.20. The van der Waals surface area contributed by atoms with E-state index >= 15 is 0 Å². The van der Waals surface area contributed by atoms with E-state index in [4.69, 9.17) is 16.7 Å². The first kappa shape index (κ1) is 13.7. The number of carboxylic acid groups (broad SMARTS) is 1. The molecule has 2 N–H and O–H groups in total. The third-order valence-corrected chi connectivity index (χ3v) is 3.51. The van der Waals surface area contributed by atoms with Gasteiger partial charge in [-0.25, -0.2) is 4.79 Å². The van der Waals surface area contributed by atoms with E-state index in [-0.39, 0.29) is 18.0 Å². The van der Waals surface area contributed by atoms with Gasteiger partial charge >= 0.3 is 6.09 Å². The number of ketones is 1. The molecule has 0 aromatic heterocycles. The van der Waals surface area contributed by atoms with Gasteiger partial charge in [-0.1, -0.05) is 11.6 Å². The van der Waals surface area contributed by atoms with Crippen molar-refractivity contribution in [2.45, 2.75) is 25.3 Å². The molecule has 1 amide bonds. The highest BCUT2D eigenvalue weighted by atomic mass is 35.5. The molecule has 1 saturated heterocycles. The van der Waals surface area contributed by atoms with E-state index in [0.29, 0.717) is 30.0 Å². The fourth-order valence-corrected chi connectivity index (χ4v) is 2.53. The molecule has 1 aromatic carbocycles. The van der Waals surface area contributed by atoms with Crippen LogP contribution in [0.25, 0.3) is 0 Å². The molecule has 1 aliphatic rings. The minimum atomic E-state index is -1.08. The van der Waals surface area contributed by atoms with Crippen molar-refractivity contribution in [2.24, 2.45) is 0 Å². The van der Waals surface area contributed by atoms with Crippen molar-refractivity contribution in [3.63, 3.8) is 0 Å². The zero-order valence-electron chi connectivity index (χ0n) is 10.2. The highest BCUT2D eigenvalue weighted by Crippen LogP contribution is 2.25. The zero-order chi connectivity index (χ0) is 14.0. The minimum Gasteiger partial charge on any atom is -0.508 e. The van der Waals surface area contributed by atoms with Crippen LogP contribution in [0.1, 0.15) is 18.4 Å². The maximum absolute atomic E-state index is 12.1. The molecule has 1 atom stereocenters. The second kappa shape index (κ2) is 5.48. The van der Waals surface area contributed by atoms with Gasteiger partial charge in [-0.05, 0) is 31.0 Å². The van der Waals surface area contributed by atoms with Crippen molar-refractivity contribution < 1.29 is 19.8 Å². The summed E-state index contributed by atoms with van der Waals surface area (Å²) in [6.07, 6.45) is 0.128. The number of halogens is 1. The highest BCUT2D eigenvalue weighted by molar-refractivity contribution is 6.30. The van der Waals surface area contributed by atoms with Gasteiger partial charge in [0.15, 0.2) is 5.78 Å². The number of carbonyl (C=O) groups is 2. The Bertz CT molecular complexity index is 517. The first-order valence-corrected chi connectivity index (χ1v) is 6.36. The average Bonchev–Trinajstić information content (AvgIpc) is 2.83.